The average Bonchev–Trinajstić information content (AvgIpc) is 2.49. The Labute approximate surface area is 133 Å². The number of non-ortho nitro benzene ring substituents is 1. The summed E-state index contributed by atoms with van der Waals surface area (Å²) in [6.07, 6.45) is 1.38. The zero-order valence-electron chi connectivity index (χ0n) is 12.8. The molecule has 0 amide bonds. The van der Waals surface area contributed by atoms with Gasteiger partial charge >= 0.3 is 5.97 Å². The molecule has 1 heterocycles. The zero-order valence-corrected chi connectivity index (χ0v) is 12.8. The third kappa shape index (κ3) is 4.64. The largest absolute Gasteiger partial charge is 0.490 e. The van der Waals surface area contributed by atoms with Crippen LogP contribution in [0.4, 0.5) is 5.69 Å². The van der Waals surface area contributed by atoms with E-state index in [-0.39, 0.29) is 18.3 Å². The number of nitro benzene ring substituents is 1. The van der Waals surface area contributed by atoms with Gasteiger partial charge in [0.15, 0.2) is 5.60 Å². The predicted molar refractivity (Wildman–Crippen MR) is 81.4 cm³/mol. The Bertz CT molecular complexity index is 564. The second kappa shape index (κ2) is 6.93. The second-order valence-corrected chi connectivity index (χ2v) is 5.92. The fourth-order valence-electron chi connectivity index (χ4n) is 2.53. The molecule has 0 spiro atoms. The van der Waals surface area contributed by atoms with Gasteiger partial charge in [-0.05, 0) is 31.9 Å². The molecular weight excluding hydrogens is 304 g/mol. The minimum atomic E-state index is -1.76. The summed E-state index contributed by atoms with van der Waals surface area (Å²) in [6, 6.07) is 5.93. The molecule has 8 nitrogen and oxygen atoms in total. The molecule has 1 aromatic rings. The standard InChI is InChI=1S/C15H20N2O6/c1-15(20,14(18)19)10-16-8-6-13(7-9-16)23-12-4-2-11(3-5-12)17(21)22/h2-5,13,20H,6-10H2,1H3,(H,18,19). The normalized spacial score (nSPS) is 19.0. The number of rotatable bonds is 6. The number of carboxylic acid groups (broad SMARTS) is 1. The molecule has 1 aliphatic rings. The number of piperidine rings is 1. The fraction of sp³-hybridized carbons (Fsp3) is 0.533. The monoisotopic (exact) mass is 324 g/mol. The van der Waals surface area contributed by atoms with Crippen LogP contribution in [0.1, 0.15) is 19.8 Å². The van der Waals surface area contributed by atoms with Gasteiger partial charge in [-0.3, -0.25) is 15.0 Å². The first-order valence-corrected chi connectivity index (χ1v) is 7.37. The van der Waals surface area contributed by atoms with E-state index in [4.69, 9.17) is 9.84 Å². The van der Waals surface area contributed by atoms with Gasteiger partial charge in [-0.1, -0.05) is 0 Å². The quantitative estimate of drug-likeness (QED) is 0.598. The molecule has 126 valence electrons. The van der Waals surface area contributed by atoms with E-state index in [0.29, 0.717) is 31.7 Å². The maximum Gasteiger partial charge on any atom is 0.336 e. The van der Waals surface area contributed by atoms with Crippen molar-refractivity contribution in [1.82, 2.24) is 4.90 Å². The molecule has 0 aromatic heterocycles. The van der Waals surface area contributed by atoms with E-state index in [1.165, 1.54) is 19.1 Å². The minimum absolute atomic E-state index is 0.0167. The van der Waals surface area contributed by atoms with Crippen LogP contribution < -0.4 is 4.74 Å². The first-order valence-electron chi connectivity index (χ1n) is 7.37. The number of β-amino-alcohol motifs (C(OH)–C–C–N with tert-alkyl or cyclic N) is 1. The van der Waals surface area contributed by atoms with Gasteiger partial charge in [0.25, 0.3) is 5.69 Å². The van der Waals surface area contributed by atoms with Crippen molar-refractivity contribution >= 4 is 11.7 Å². The first kappa shape index (κ1) is 17.2. The number of aliphatic carboxylic acids is 1. The van der Waals surface area contributed by atoms with Gasteiger partial charge in [0, 0.05) is 31.8 Å². The average molecular weight is 324 g/mol. The van der Waals surface area contributed by atoms with Crippen LogP contribution in [0.5, 0.6) is 5.75 Å². The van der Waals surface area contributed by atoms with E-state index < -0.39 is 16.5 Å². The lowest BCUT2D eigenvalue weighted by Gasteiger charge is -2.35. The van der Waals surface area contributed by atoms with Crippen molar-refractivity contribution in [3.8, 4) is 5.75 Å². The first-order chi connectivity index (χ1) is 10.8. The number of nitro groups is 1. The Morgan fingerprint density at radius 2 is 1.96 bits per heavy atom. The van der Waals surface area contributed by atoms with Crippen LogP contribution in [0.15, 0.2) is 24.3 Å². The summed E-state index contributed by atoms with van der Waals surface area (Å²) >= 11 is 0. The third-order valence-corrected chi connectivity index (χ3v) is 3.88. The van der Waals surface area contributed by atoms with E-state index in [0.717, 1.165) is 0 Å². The third-order valence-electron chi connectivity index (χ3n) is 3.88. The lowest BCUT2D eigenvalue weighted by Crippen LogP contribution is -2.50. The number of benzene rings is 1. The smallest absolute Gasteiger partial charge is 0.336 e. The molecule has 0 saturated carbocycles. The molecule has 2 rings (SSSR count). The van der Waals surface area contributed by atoms with Gasteiger partial charge in [-0.2, -0.15) is 0 Å². The molecule has 1 aliphatic heterocycles. The van der Waals surface area contributed by atoms with Crippen molar-refractivity contribution in [3.05, 3.63) is 34.4 Å². The molecule has 0 radical (unpaired) electrons. The summed E-state index contributed by atoms with van der Waals surface area (Å²) in [5.74, 6) is -0.659. The minimum Gasteiger partial charge on any atom is -0.490 e. The molecule has 8 heteroatoms. The summed E-state index contributed by atoms with van der Waals surface area (Å²) in [7, 11) is 0. The van der Waals surface area contributed by atoms with E-state index in [1.54, 1.807) is 12.1 Å². The lowest BCUT2D eigenvalue weighted by atomic mass is 10.0. The van der Waals surface area contributed by atoms with Crippen molar-refractivity contribution in [1.29, 1.82) is 0 Å². The van der Waals surface area contributed by atoms with Crippen LogP contribution in [-0.2, 0) is 4.79 Å². The van der Waals surface area contributed by atoms with Crippen LogP contribution in [0, 0.1) is 10.1 Å². The number of nitrogens with zero attached hydrogens (tertiary/aromatic N) is 2. The number of aliphatic hydroxyl groups is 1. The maximum atomic E-state index is 10.9. The van der Waals surface area contributed by atoms with Crippen molar-refractivity contribution in [3.63, 3.8) is 0 Å². The number of ether oxygens (including phenoxy) is 1. The van der Waals surface area contributed by atoms with Gasteiger partial charge in [0.2, 0.25) is 0 Å². The van der Waals surface area contributed by atoms with E-state index >= 15 is 0 Å². The molecule has 23 heavy (non-hydrogen) atoms. The van der Waals surface area contributed by atoms with Crippen molar-refractivity contribution in [2.45, 2.75) is 31.5 Å². The Hall–Kier alpha value is -2.19. The lowest BCUT2D eigenvalue weighted by molar-refractivity contribution is -0.384. The second-order valence-electron chi connectivity index (χ2n) is 5.92. The maximum absolute atomic E-state index is 10.9. The highest BCUT2D eigenvalue weighted by Crippen LogP contribution is 2.22. The van der Waals surface area contributed by atoms with Gasteiger partial charge in [-0.25, -0.2) is 4.79 Å². The van der Waals surface area contributed by atoms with Crippen LogP contribution in [0.25, 0.3) is 0 Å². The molecule has 2 N–H and O–H groups in total. The highest BCUT2D eigenvalue weighted by atomic mass is 16.6. The topological polar surface area (TPSA) is 113 Å². The van der Waals surface area contributed by atoms with Crippen molar-refractivity contribution in [2.75, 3.05) is 19.6 Å². The number of carboxylic acids is 1. The summed E-state index contributed by atoms with van der Waals surface area (Å²) in [5, 5.41) is 29.3. The van der Waals surface area contributed by atoms with Gasteiger partial charge in [0.1, 0.15) is 11.9 Å². The molecule has 1 unspecified atom stereocenters. The van der Waals surface area contributed by atoms with Crippen molar-refractivity contribution in [2.24, 2.45) is 0 Å². The Balaban J connectivity index is 1.83. The van der Waals surface area contributed by atoms with Gasteiger partial charge in [0.05, 0.1) is 4.92 Å². The molecule has 1 saturated heterocycles. The van der Waals surface area contributed by atoms with Crippen LogP contribution in [0.2, 0.25) is 0 Å². The Morgan fingerprint density at radius 1 is 1.39 bits per heavy atom. The number of carbonyl (C=O) groups is 1. The number of likely N-dealkylation sites (tertiary alicyclic amines) is 1. The molecule has 0 aliphatic carbocycles. The zero-order chi connectivity index (χ0) is 17.0. The van der Waals surface area contributed by atoms with Crippen LogP contribution in [0.3, 0.4) is 0 Å². The van der Waals surface area contributed by atoms with E-state index in [9.17, 15) is 20.0 Å². The molecule has 1 atom stereocenters. The molecular formula is C15H20N2O6. The summed E-state index contributed by atoms with van der Waals surface area (Å²) in [6.45, 7) is 2.61. The van der Waals surface area contributed by atoms with Gasteiger partial charge < -0.3 is 14.9 Å². The highest BCUT2D eigenvalue weighted by molar-refractivity contribution is 5.76. The highest BCUT2D eigenvalue weighted by Gasteiger charge is 2.33. The Morgan fingerprint density at radius 3 is 2.43 bits per heavy atom. The summed E-state index contributed by atoms with van der Waals surface area (Å²) in [5.41, 5.74) is -1.74. The van der Waals surface area contributed by atoms with Crippen molar-refractivity contribution < 1.29 is 24.7 Å². The predicted octanol–water partition coefficient (Wildman–Crippen LogP) is 1.27. The number of hydrogen-bond acceptors (Lipinski definition) is 6. The molecule has 1 aromatic carbocycles. The van der Waals surface area contributed by atoms with Gasteiger partial charge in [-0.15, -0.1) is 0 Å². The number of hydrogen-bond donors (Lipinski definition) is 2. The summed E-state index contributed by atoms with van der Waals surface area (Å²) < 4.78 is 5.79. The van der Waals surface area contributed by atoms with E-state index in [1.807, 2.05) is 4.90 Å². The molecule has 0 bridgehead atoms. The Kier molecular flexibility index (Phi) is 5.17. The molecule has 1 fully saturated rings. The fourth-order valence-corrected chi connectivity index (χ4v) is 2.53. The van der Waals surface area contributed by atoms with Crippen LogP contribution >= 0.6 is 0 Å². The summed E-state index contributed by atoms with van der Waals surface area (Å²) in [4.78, 5) is 23.0. The SMILES string of the molecule is CC(O)(CN1CCC(Oc2ccc([N+](=O)[O-])cc2)CC1)C(=O)O. The van der Waals surface area contributed by atoms with Crippen LogP contribution in [-0.4, -0.2) is 57.3 Å². The van der Waals surface area contributed by atoms with E-state index in [2.05, 4.69) is 0 Å².